The van der Waals surface area contributed by atoms with Crippen LogP contribution in [0.25, 0.3) is 0 Å². The molecule has 2 aromatic rings. The number of alkyl halides is 6. The van der Waals surface area contributed by atoms with Gasteiger partial charge in [0.1, 0.15) is 0 Å². The van der Waals surface area contributed by atoms with E-state index >= 15 is 0 Å². The number of rotatable bonds is 9. The number of halogens is 7. The molecule has 0 aromatic heterocycles. The Morgan fingerprint density at radius 2 is 1.64 bits per heavy atom. The number of morpholine rings is 1. The van der Waals surface area contributed by atoms with E-state index in [-0.39, 0.29) is 36.9 Å². The van der Waals surface area contributed by atoms with Crippen LogP contribution in [0.5, 0.6) is 5.75 Å². The van der Waals surface area contributed by atoms with Crippen molar-refractivity contribution in [2.24, 2.45) is 0 Å². The minimum atomic E-state index is -5.09. The zero-order chi connectivity index (χ0) is 32.2. The molecule has 1 amide bonds. The molecule has 0 unspecified atom stereocenters. The number of carbonyl (C=O) groups excluding carboxylic acids is 1. The summed E-state index contributed by atoms with van der Waals surface area (Å²) in [6.45, 7) is 5.75. The van der Waals surface area contributed by atoms with Gasteiger partial charge in [0.15, 0.2) is 11.6 Å². The predicted molar refractivity (Wildman–Crippen MR) is 147 cm³/mol. The summed E-state index contributed by atoms with van der Waals surface area (Å²) in [5, 5.41) is 0. The second-order valence-corrected chi connectivity index (χ2v) is 11.2. The summed E-state index contributed by atoms with van der Waals surface area (Å²) in [6.07, 6.45) is -10.1. The number of piperazine rings is 1. The standard InChI is InChI=1S/C30H36F7N3O4/c1-19-17-44-25(18-42-2)16-39(19)8-6-38-7-9-40(24(15-38)10-20-4-5-26(31)27(11-20)43-3)28(41)21-12-22(29(32,33)34)14-23(13-21)30(35,36)37/h4-5,11-14,19,24-25H,6-10,15-18H2,1-3H3/t19-,24+,25-/m0/s1. The molecule has 2 fully saturated rings. The van der Waals surface area contributed by atoms with Gasteiger partial charge >= 0.3 is 12.4 Å². The van der Waals surface area contributed by atoms with Crippen LogP contribution >= 0.6 is 0 Å². The maximum Gasteiger partial charge on any atom is 0.416 e. The molecular weight excluding hydrogens is 599 g/mol. The van der Waals surface area contributed by atoms with Crippen LogP contribution < -0.4 is 4.74 Å². The van der Waals surface area contributed by atoms with Crippen LogP contribution in [0.3, 0.4) is 0 Å². The topological polar surface area (TPSA) is 54.5 Å². The van der Waals surface area contributed by atoms with E-state index in [1.165, 1.54) is 30.2 Å². The van der Waals surface area contributed by atoms with E-state index in [1.807, 2.05) is 0 Å². The average Bonchev–Trinajstić information content (AvgIpc) is 2.97. The Bertz CT molecular complexity index is 1260. The Balaban J connectivity index is 1.58. The highest BCUT2D eigenvalue weighted by Crippen LogP contribution is 2.37. The molecule has 44 heavy (non-hydrogen) atoms. The van der Waals surface area contributed by atoms with E-state index in [0.29, 0.717) is 63.6 Å². The Labute approximate surface area is 251 Å². The molecule has 0 aliphatic carbocycles. The van der Waals surface area contributed by atoms with E-state index in [4.69, 9.17) is 14.2 Å². The molecule has 4 rings (SSSR count). The number of carbonyl (C=O) groups is 1. The van der Waals surface area contributed by atoms with Crippen molar-refractivity contribution in [3.8, 4) is 5.75 Å². The monoisotopic (exact) mass is 635 g/mol. The minimum Gasteiger partial charge on any atom is -0.494 e. The van der Waals surface area contributed by atoms with Gasteiger partial charge in [-0.3, -0.25) is 14.6 Å². The molecule has 3 atom stereocenters. The van der Waals surface area contributed by atoms with E-state index < -0.39 is 46.8 Å². The third-order valence-electron chi connectivity index (χ3n) is 8.04. The van der Waals surface area contributed by atoms with Crippen LogP contribution in [-0.2, 0) is 28.2 Å². The van der Waals surface area contributed by atoms with Gasteiger partial charge < -0.3 is 19.1 Å². The van der Waals surface area contributed by atoms with Crippen LogP contribution in [0, 0.1) is 5.82 Å². The van der Waals surface area contributed by atoms with Crippen LogP contribution in [0.15, 0.2) is 36.4 Å². The van der Waals surface area contributed by atoms with Gasteiger partial charge in [0.2, 0.25) is 0 Å². The first-order valence-corrected chi connectivity index (χ1v) is 14.2. The summed E-state index contributed by atoms with van der Waals surface area (Å²) in [5.74, 6) is -1.55. The van der Waals surface area contributed by atoms with Crippen molar-refractivity contribution in [2.75, 3.05) is 66.7 Å². The molecule has 2 aromatic carbocycles. The third kappa shape index (κ3) is 8.40. The SMILES string of the molecule is COC[C@@H]1CN(CCN2CCN(C(=O)c3cc(C(F)(F)F)cc(C(F)(F)F)c3)[C@H](Cc3ccc(F)c(OC)c3)C2)[C@@H](C)CO1. The molecule has 7 nitrogen and oxygen atoms in total. The summed E-state index contributed by atoms with van der Waals surface area (Å²) in [7, 11) is 2.91. The van der Waals surface area contributed by atoms with Crippen molar-refractivity contribution < 1.29 is 49.7 Å². The van der Waals surface area contributed by atoms with Gasteiger partial charge in [0, 0.05) is 64.0 Å². The third-order valence-corrected chi connectivity index (χ3v) is 8.04. The van der Waals surface area contributed by atoms with Crippen molar-refractivity contribution in [1.29, 1.82) is 0 Å². The Morgan fingerprint density at radius 3 is 2.25 bits per heavy atom. The van der Waals surface area contributed by atoms with E-state index in [0.717, 1.165) is 0 Å². The highest BCUT2D eigenvalue weighted by Gasteiger charge is 2.39. The Kier molecular flexibility index (Phi) is 10.8. The molecule has 2 heterocycles. The molecule has 0 saturated carbocycles. The van der Waals surface area contributed by atoms with Gasteiger partial charge in [0.05, 0.1) is 37.6 Å². The van der Waals surface area contributed by atoms with Gasteiger partial charge in [-0.15, -0.1) is 0 Å². The summed E-state index contributed by atoms with van der Waals surface area (Å²) < 4.78 is 111. The number of amides is 1. The molecule has 2 aliphatic heterocycles. The fourth-order valence-electron chi connectivity index (χ4n) is 5.66. The van der Waals surface area contributed by atoms with Gasteiger partial charge in [0.25, 0.3) is 5.91 Å². The van der Waals surface area contributed by atoms with Crippen LogP contribution in [0.4, 0.5) is 30.7 Å². The highest BCUT2D eigenvalue weighted by molar-refractivity contribution is 5.95. The Morgan fingerprint density at radius 1 is 0.955 bits per heavy atom. The van der Waals surface area contributed by atoms with Crippen LogP contribution in [-0.4, -0.2) is 105 Å². The maximum absolute atomic E-state index is 14.1. The van der Waals surface area contributed by atoms with Crippen LogP contribution in [0.2, 0.25) is 0 Å². The van der Waals surface area contributed by atoms with Crippen molar-refractivity contribution in [1.82, 2.24) is 14.7 Å². The summed E-state index contributed by atoms with van der Waals surface area (Å²) >= 11 is 0. The van der Waals surface area contributed by atoms with E-state index in [9.17, 15) is 35.5 Å². The zero-order valence-electron chi connectivity index (χ0n) is 24.7. The quantitative estimate of drug-likeness (QED) is 0.363. The fraction of sp³-hybridized carbons (Fsp3) is 0.567. The smallest absolute Gasteiger partial charge is 0.416 e. The summed E-state index contributed by atoms with van der Waals surface area (Å²) in [4.78, 5) is 19.3. The van der Waals surface area contributed by atoms with Crippen molar-refractivity contribution in [2.45, 2.75) is 43.9 Å². The minimum absolute atomic E-state index is 0.000808. The molecule has 2 saturated heterocycles. The Hall–Kier alpha value is -2.94. The van der Waals surface area contributed by atoms with Crippen LogP contribution in [0.1, 0.15) is 34.0 Å². The first-order valence-electron chi connectivity index (χ1n) is 14.2. The first-order chi connectivity index (χ1) is 20.7. The van der Waals surface area contributed by atoms with Gasteiger partial charge in [-0.2, -0.15) is 26.3 Å². The van der Waals surface area contributed by atoms with E-state index in [1.54, 1.807) is 7.11 Å². The second kappa shape index (κ2) is 14.0. The molecular formula is C30H36F7N3O4. The first kappa shape index (κ1) is 33.9. The zero-order valence-corrected chi connectivity index (χ0v) is 24.7. The number of methoxy groups -OCH3 is 2. The fourth-order valence-corrected chi connectivity index (χ4v) is 5.66. The van der Waals surface area contributed by atoms with Crippen molar-refractivity contribution >= 4 is 5.91 Å². The lowest BCUT2D eigenvalue weighted by Gasteiger charge is -2.43. The van der Waals surface area contributed by atoms with Gasteiger partial charge in [-0.25, -0.2) is 4.39 Å². The largest absolute Gasteiger partial charge is 0.494 e. The predicted octanol–water partition coefficient (Wildman–Crippen LogP) is 4.98. The van der Waals surface area contributed by atoms with Crippen molar-refractivity contribution in [3.63, 3.8) is 0 Å². The van der Waals surface area contributed by atoms with Crippen molar-refractivity contribution in [3.05, 3.63) is 64.5 Å². The molecule has 14 heteroatoms. The molecule has 2 aliphatic rings. The maximum atomic E-state index is 14.1. The summed E-state index contributed by atoms with van der Waals surface area (Å²) in [5.41, 5.74) is -3.22. The molecule has 0 N–H and O–H groups in total. The molecule has 244 valence electrons. The second-order valence-electron chi connectivity index (χ2n) is 11.2. The van der Waals surface area contributed by atoms with E-state index in [2.05, 4.69) is 16.7 Å². The summed E-state index contributed by atoms with van der Waals surface area (Å²) in [6, 6.07) is 4.64. The molecule has 0 radical (unpaired) electrons. The number of hydrogen-bond acceptors (Lipinski definition) is 6. The lowest BCUT2D eigenvalue weighted by atomic mass is 9.98. The van der Waals surface area contributed by atoms with Gasteiger partial charge in [-0.05, 0) is 49.2 Å². The number of nitrogens with zero attached hydrogens (tertiary/aromatic N) is 3. The molecule has 0 bridgehead atoms. The number of hydrogen-bond donors (Lipinski definition) is 0. The van der Waals surface area contributed by atoms with Gasteiger partial charge in [-0.1, -0.05) is 6.07 Å². The normalized spacial score (nSPS) is 22.3. The molecule has 0 spiro atoms. The lowest BCUT2D eigenvalue weighted by molar-refractivity contribution is -0.143. The highest BCUT2D eigenvalue weighted by atomic mass is 19.4. The number of benzene rings is 2. The number of ether oxygens (including phenoxy) is 3. The lowest BCUT2D eigenvalue weighted by Crippen LogP contribution is -2.58. The average molecular weight is 636 g/mol.